The van der Waals surface area contributed by atoms with Gasteiger partial charge in [-0.2, -0.15) is 5.26 Å². The van der Waals surface area contributed by atoms with Crippen molar-refractivity contribution in [2.75, 3.05) is 25.1 Å². The number of amides is 1. The summed E-state index contributed by atoms with van der Waals surface area (Å²) in [7, 11) is 0. The highest BCUT2D eigenvalue weighted by molar-refractivity contribution is 7.16. The molecule has 2 aromatic rings. The van der Waals surface area contributed by atoms with Crippen LogP contribution >= 0.6 is 11.3 Å². The second-order valence-corrected chi connectivity index (χ2v) is 10.3. The summed E-state index contributed by atoms with van der Waals surface area (Å²) in [6, 6.07) is 5.67. The van der Waals surface area contributed by atoms with Crippen LogP contribution < -0.4 is 19.5 Å². The quantitative estimate of drug-likeness (QED) is 0.495. The number of hydrogen-bond acceptors (Lipinski definition) is 6. The molecule has 7 heteroatoms. The number of rotatable bonds is 8. The van der Waals surface area contributed by atoms with Crippen molar-refractivity contribution in [1.82, 2.24) is 0 Å². The van der Waals surface area contributed by atoms with Crippen molar-refractivity contribution >= 4 is 22.2 Å². The first-order valence-electron chi connectivity index (χ1n) is 11.7. The van der Waals surface area contributed by atoms with Crippen molar-refractivity contribution in [3.63, 3.8) is 0 Å². The number of carbonyl (C=O) groups excluding carboxylic acids is 1. The Kier molecular flexibility index (Phi) is 7.91. The standard InChI is InChI=1S/C26H34N2O4S/c1-7-30-20-12-16(13-21(31-8-2)23(20)32-9-3)24(29)28-25-19(15-27)18-11-10-17(26(4,5)6)14-22(18)33-25/h12-13,17H,7-11,14H2,1-6H3,(H,28,29)/t17-/m1/s1. The molecule has 1 atom stereocenters. The van der Waals surface area contributed by atoms with E-state index >= 15 is 0 Å². The molecule has 1 aromatic carbocycles. The van der Waals surface area contributed by atoms with Crippen molar-refractivity contribution in [3.05, 3.63) is 33.7 Å². The number of ether oxygens (including phenoxy) is 3. The summed E-state index contributed by atoms with van der Waals surface area (Å²) in [6.45, 7) is 13.8. The molecule has 0 fully saturated rings. The first-order valence-corrected chi connectivity index (χ1v) is 12.5. The van der Waals surface area contributed by atoms with E-state index in [1.807, 2.05) is 20.8 Å². The molecule has 178 valence electrons. The van der Waals surface area contributed by atoms with Crippen LogP contribution in [0.4, 0.5) is 5.00 Å². The Hall–Kier alpha value is -2.72. The molecular formula is C26H34N2O4S. The van der Waals surface area contributed by atoms with E-state index in [4.69, 9.17) is 14.2 Å². The maximum atomic E-state index is 13.2. The predicted molar refractivity (Wildman–Crippen MR) is 132 cm³/mol. The number of nitrogens with zero attached hydrogens (tertiary/aromatic N) is 1. The molecule has 0 aliphatic heterocycles. The number of benzene rings is 1. The normalized spacial score (nSPS) is 15.4. The number of carbonyl (C=O) groups is 1. The fourth-order valence-corrected chi connectivity index (χ4v) is 5.50. The van der Waals surface area contributed by atoms with Gasteiger partial charge in [-0.25, -0.2) is 0 Å². The Morgan fingerprint density at radius 2 is 1.73 bits per heavy atom. The van der Waals surface area contributed by atoms with Gasteiger partial charge in [0.1, 0.15) is 11.1 Å². The summed E-state index contributed by atoms with van der Waals surface area (Å²) in [5.74, 6) is 1.69. The van der Waals surface area contributed by atoms with E-state index in [1.165, 1.54) is 16.2 Å². The summed E-state index contributed by atoms with van der Waals surface area (Å²) >= 11 is 1.53. The summed E-state index contributed by atoms with van der Waals surface area (Å²) < 4.78 is 17.2. The lowest BCUT2D eigenvalue weighted by molar-refractivity contribution is 0.102. The van der Waals surface area contributed by atoms with Crippen LogP contribution in [0.2, 0.25) is 0 Å². The fraction of sp³-hybridized carbons (Fsp3) is 0.538. The van der Waals surface area contributed by atoms with Gasteiger partial charge >= 0.3 is 0 Å². The highest BCUT2D eigenvalue weighted by Gasteiger charge is 2.32. The van der Waals surface area contributed by atoms with Crippen LogP contribution in [-0.4, -0.2) is 25.7 Å². The number of hydrogen-bond donors (Lipinski definition) is 1. The average molecular weight is 471 g/mol. The van der Waals surface area contributed by atoms with Gasteiger partial charge in [-0.3, -0.25) is 4.79 Å². The minimum absolute atomic E-state index is 0.214. The van der Waals surface area contributed by atoms with Crippen LogP contribution in [0.1, 0.15) is 74.3 Å². The molecule has 1 aliphatic carbocycles. The van der Waals surface area contributed by atoms with Crippen LogP contribution in [0, 0.1) is 22.7 Å². The van der Waals surface area contributed by atoms with Crippen molar-refractivity contribution in [2.45, 2.75) is 60.8 Å². The highest BCUT2D eigenvalue weighted by atomic mass is 32.1. The molecular weight excluding hydrogens is 436 g/mol. The van der Waals surface area contributed by atoms with Crippen molar-refractivity contribution in [2.24, 2.45) is 11.3 Å². The first-order chi connectivity index (χ1) is 15.7. The van der Waals surface area contributed by atoms with Crippen LogP contribution in [0.5, 0.6) is 17.2 Å². The number of anilines is 1. The Morgan fingerprint density at radius 1 is 1.12 bits per heavy atom. The lowest BCUT2D eigenvalue weighted by Gasteiger charge is -2.33. The number of thiophene rings is 1. The van der Waals surface area contributed by atoms with Crippen LogP contribution in [-0.2, 0) is 12.8 Å². The second-order valence-electron chi connectivity index (χ2n) is 9.18. The molecule has 0 radical (unpaired) electrons. The van der Waals surface area contributed by atoms with Gasteiger partial charge in [-0.15, -0.1) is 11.3 Å². The third-order valence-corrected chi connectivity index (χ3v) is 7.17. The predicted octanol–water partition coefficient (Wildman–Crippen LogP) is 6.22. The van der Waals surface area contributed by atoms with E-state index < -0.39 is 0 Å². The Morgan fingerprint density at radius 3 is 2.24 bits per heavy atom. The van der Waals surface area contributed by atoms with Gasteiger partial charge in [0.05, 0.1) is 25.4 Å². The molecule has 1 aliphatic rings. The van der Waals surface area contributed by atoms with Gasteiger partial charge in [0.25, 0.3) is 5.91 Å². The number of fused-ring (bicyclic) bond motifs is 1. The third kappa shape index (κ3) is 5.44. The molecule has 0 saturated heterocycles. The van der Waals surface area contributed by atoms with Crippen molar-refractivity contribution < 1.29 is 19.0 Å². The van der Waals surface area contributed by atoms with E-state index in [0.29, 0.717) is 59.1 Å². The highest BCUT2D eigenvalue weighted by Crippen LogP contribution is 2.44. The van der Waals surface area contributed by atoms with Crippen LogP contribution in [0.3, 0.4) is 0 Å². The molecule has 1 amide bonds. The zero-order valence-electron chi connectivity index (χ0n) is 20.5. The summed E-state index contributed by atoms with van der Waals surface area (Å²) in [4.78, 5) is 14.4. The SMILES string of the molecule is CCOc1cc(C(=O)Nc2sc3c(c2C#N)CC[C@@H](C(C)(C)C)C3)cc(OCC)c1OCC. The molecule has 1 N–H and O–H groups in total. The minimum atomic E-state index is -0.303. The second kappa shape index (κ2) is 10.5. The van der Waals surface area contributed by atoms with Gasteiger partial charge in [0.2, 0.25) is 5.75 Å². The smallest absolute Gasteiger partial charge is 0.256 e. The van der Waals surface area contributed by atoms with Crippen molar-refractivity contribution in [1.29, 1.82) is 5.26 Å². The maximum absolute atomic E-state index is 13.2. The van der Waals surface area contributed by atoms with E-state index in [-0.39, 0.29) is 11.3 Å². The van der Waals surface area contributed by atoms with E-state index in [2.05, 4.69) is 32.2 Å². The molecule has 33 heavy (non-hydrogen) atoms. The summed E-state index contributed by atoms with van der Waals surface area (Å²) in [5.41, 5.74) is 2.30. The largest absolute Gasteiger partial charge is 0.490 e. The molecule has 0 spiro atoms. The monoisotopic (exact) mass is 470 g/mol. The number of nitrogens with one attached hydrogen (secondary N) is 1. The lowest BCUT2D eigenvalue weighted by Crippen LogP contribution is -2.26. The van der Waals surface area contributed by atoms with Gasteiger partial charge in [-0.05, 0) is 69.1 Å². The van der Waals surface area contributed by atoms with Crippen molar-refractivity contribution in [3.8, 4) is 23.3 Å². The van der Waals surface area contributed by atoms with Crippen LogP contribution in [0.15, 0.2) is 12.1 Å². The molecule has 0 saturated carbocycles. The van der Waals surface area contributed by atoms with E-state index in [9.17, 15) is 10.1 Å². The van der Waals surface area contributed by atoms with Gasteiger partial charge in [-0.1, -0.05) is 20.8 Å². The van der Waals surface area contributed by atoms with E-state index in [0.717, 1.165) is 24.8 Å². The zero-order chi connectivity index (χ0) is 24.2. The first kappa shape index (κ1) is 24.9. The molecule has 1 heterocycles. The molecule has 0 unspecified atom stereocenters. The fourth-order valence-electron chi connectivity index (χ4n) is 4.23. The molecule has 1 aromatic heterocycles. The third-order valence-electron chi connectivity index (χ3n) is 6.00. The Balaban J connectivity index is 1.93. The van der Waals surface area contributed by atoms with Crippen LogP contribution in [0.25, 0.3) is 0 Å². The molecule has 0 bridgehead atoms. The topological polar surface area (TPSA) is 80.6 Å². The molecule has 6 nitrogen and oxygen atoms in total. The Labute approximate surface area is 200 Å². The van der Waals surface area contributed by atoms with E-state index in [1.54, 1.807) is 12.1 Å². The number of nitriles is 1. The van der Waals surface area contributed by atoms with Gasteiger partial charge in [0, 0.05) is 10.4 Å². The maximum Gasteiger partial charge on any atom is 0.256 e. The zero-order valence-corrected chi connectivity index (χ0v) is 21.3. The lowest BCUT2D eigenvalue weighted by atomic mass is 9.72. The van der Waals surface area contributed by atoms with Gasteiger partial charge < -0.3 is 19.5 Å². The molecule has 3 rings (SSSR count). The average Bonchev–Trinajstić information content (AvgIpc) is 3.11. The summed E-state index contributed by atoms with van der Waals surface area (Å²) in [6.07, 6.45) is 2.88. The Bertz CT molecular complexity index is 1020. The minimum Gasteiger partial charge on any atom is -0.490 e. The summed E-state index contributed by atoms with van der Waals surface area (Å²) in [5, 5.41) is 13.4. The van der Waals surface area contributed by atoms with Gasteiger partial charge in [0.15, 0.2) is 11.5 Å².